The van der Waals surface area contributed by atoms with Crippen LogP contribution in [0.4, 0.5) is 17.1 Å². The fraction of sp³-hybridized carbons (Fsp3) is 0.250. The Morgan fingerprint density at radius 1 is 0.912 bits per heavy atom. The first-order valence-corrected chi connectivity index (χ1v) is 11.6. The van der Waals surface area contributed by atoms with Crippen molar-refractivity contribution in [2.24, 2.45) is 5.92 Å². The van der Waals surface area contributed by atoms with Crippen molar-refractivity contribution in [2.45, 2.75) is 26.7 Å². The molecule has 1 N–H and O–H groups in total. The van der Waals surface area contributed by atoms with Gasteiger partial charge in [-0.05, 0) is 73.4 Å². The third-order valence-corrected chi connectivity index (χ3v) is 6.89. The van der Waals surface area contributed by atoms with E-state index in [1.165, 1.54) is 5.56 Å². The van der Waals surface area contributed by atoms with E-state index in [2.05, 4.69) is 11.4 Å². The number of benzene rings is 3. The molecule has 3 amide bonds. The van der Waals surface area contributed by atoms with Crippen LogP contribution in [-0.2, 0) is 16.0 Å². The van der Waals surface area contributed by atoms with Crippen LogP contribution in [0.2, 0.25) is 0 Å². The van der Waals surface area contributed by atoms with E-state index in [-0.39, 0.29) is 24.1 Å². The number of hydrogen-bond acceptors (Lipinski definition) is 3. The minimum absolute atomic E-state index is 0.0410. The van der Waals surface area contributed by atoms with Gasteiger partial charge in [-0.2, -0.15) is 0 Å². The van der Waals surface area contributed by atoms with Crippen LogP contribution in [0.25, 0.3) is 0 Å². The smallest absolute Gasteiger partial charge is 0.258 e. The number of rotatable bonds is 4. The molecule has 0 bridgehead atoms. The summed E-state index contributed by atoms with van der Waals surface area (Å²) in [6.07, 6.45) is 1.04. The molecule has 3 aromatic carbocycles. The van der Waals surface area contributed by atoms with Gasteiger partial charge in [-0.25, -0.2) is 0 Å². The zero-order chi connectivity index (χ0) is 23.8. The van der Waals surface area contributed by atoms with Crippen LogP contribution in [0.3, 0.4) is 0 Å². The van der Waals surface area contributed by atoms with Gasteiger partial charge >= 0.3 is 0 Å². The zero-order valence-corrected chi connectivity index (χ0v) is 19.4. The summed E-state index contributed by atoms with van der Waals surface area (Å²) in [6.45, 7) is 5.04. The van der Waals surface area contributed by atoms with E-state index in [9.17, 15) is 14.4 Å². The number of fused-ring (bicyclic) bond motifs is 1. The molecule has 1 saturated heterocycles. The highest BCUT2D eigenvalue weighted by Gasteiger charge is 2.36. The van der Waals surface area contributed by atoms with E-state index < -0.39 is 5.92 Å². The molecule has 2 aliphatic rings. The number of aryl methyl sites for hydroxylation is 1. The van der Waals surface area contributed by atoms with Crippen LogP contribution in [0.15, 0.2) is 66.7 Å². The average Bonchev–Trinajstić information content (AvgIpc) is 3.45. The first-order chi connectivity index (χ1) is 16.4. The van der Waals surface area contributed by atoms with Crippen LogP contribution < -0.4 is 15.1 Å². The van der Waals surface area contributed by atoms with Crippen LogP contribution >= 0.6 is 0 Å². The SMILES string of the molecule is Cc1cccc(N2CC(C(=O)Nc3ccc(C(=O)N4CCc5ccccc54)cc3)CC2=O)c1C. The van der Waals surface area contributed by atoms with Crippen LogP contribution in [0, 0.1) is 19.8 Å². The zero-order valence-electron chi connectivity index (χ0n) is 19.4. The van der Waals surface area contributed by atoms with Crippen LogP contribution in [0.5, 0.6) is 0 Å². The maximum Gasteiger partial charge on any atom is 0.258 e. The minimum atomic E-state index is -0.421. The van der Waals surface area contributed by atoms with Gasteiger partial charge in [0.15, 0.2) is 0 Å². The van der Waals surface area contributed by atoms with Gasteiger partial charge in [0.05, 0.1) is 5.92 Å². The Labute approximate surface area is 199 Å². The average molecular weight is 454 g/mol. The maximum absolute atomic E-state index is 13.0. The fourth-order valence-electron chi connectivity index (χ4n) is 4.79. The largest absolute Gasteiger partial charge is 0.326 e. The second kappa shape index (κ2) is 8.78. The van der Waals surface area contributed by atoms with Gasteiger partial charge in [0.25, 0.3) is 5.91 Å². The molecule has 6 nitrogen and oxygen atoms in total. The lowest BCUT2D eigenvalue weighted by atomic mass is 10.1. The monoisotopic (exact) mass is 453 g/mol. The molecular weight excluding hydrogens is 426 g/mol. The Kier molecular flexibility index (Phi) is 5.65. The summed E-state index contributed by atoms with van der Waals surface area (Å²) >= 11 is 0. The van der Waals surface area contributed by atoms with E-state index in [4.69, 9.17) is 0 Å². The van der Waals surface area contributed by atoms with E-state index >= 15 is 0 Å². The summed E-state index contributed by atoms with van der Waals surface area (Å²) < 4.78 is 0. The molecule has 5 rings (SSSR count). The summed E-state index contributed by atoms with van der Waals surface area (Å²) in [6, 6.07) is 20.8. The summed E-state index contributed by atoms with van der Waals surface area (Å²) in [5.41, 5.74) is 6.37. The highest BCUT2D eigenvalue weighted by atomic mass is 16.2. The second-order valence-electron chi connectivity index (χ2n) is 9.03. The van der Waals surface area contributed by atoms with Crippen molar-refractivity contribution in [1.29, 1.82) is 0 Å². The van der Waals surface area contributed by atoms with E-state index in [0.717, 1.165) is 28.9 Å². The Morgan fingerprint density at radius 2 is 1.65 bits per heavy atom. The molecule has 1 fully saturated rings. The fourth-order valence-corrected chi connectivity index (χ4v) is 4.79. The summed E-state index contributed by atoms with van der Waals surface area (Å²) in [5, 5.41) is 2.91. The number of carbonyl (C=O) groups excluding carboxylic acids is 3. The molecule has 34 heavy (non-hydrogen) atoms. The van der Waals surface area contributed by atoms with Crippen molar-refractivity contribution < 1.29 is 14.4 Å². The standard InChI is InChI=1S/C28H27N3O3/c1-18-6-5-9-24(19(18)2)31-17-22(16-26(31)32)27(33)29-23-12-10-21(11-13-23)28(34)30-15-14-20-7-3-4-8-25(20)30/h3-13,22H,14-17H2,1-2H3,(H,29,33). The topological polar surface area (TPSA) is 69.7 Å². The molecule has 0 aromatic heterocycles. The van der Waals surface area contributed by atoms with E-state index in [1.807, 2.05) is 50.2 Å². The molecule has 0 radical (unpaired) electrons. The summed E-state index contributed by atoms with van der Waals surface area (Å²) in [5.74, 6) is -0.697. The minimum Gasteiger partial charge on any atom is -0.326 e. The third-order valence-electron chi connectivity index (χ3n) is 6.89. The molecule has 0 aliphatic carbocycles. The molecule has 0 spiro atoms. The molecule has 0 saturated carbocycles. The second-order valence-corrected chi connectivity index (χ2v) is 9.03. The highest BCUT2D eigenvalue weighted by molar-refractivity contribution is 6.08. The van der Waals surface area contributed by atoms with Crippen LogP contribution in [-0.4, -0.2) is 30.8 Å². The van der Waals surface area contributed by atoms with Gasteiger partial charge in [-0.3, -0.25) is 14.4 Å². The van der Waals surface area contributed by atoms with Crippen molar-refractivity contribution in [3.8, 4) is 0 Å². The third kappa shape index (κ3) is 3.96. The molecule has 1 atom stereocenters. The molecule has 172 valence electrons. The van der Waals surface area contributed by atoms with Gasteiger partial charge in [-0.15, -0.1) is 0 Å². The van der Waals surface area contributed by atoms with E-state index in [0.29, 0.717) is 24.3 Å². The van der Waals surface area contributed by atoms with Crippen molar-refractivity contribution in [3.05, 3.63) is 89.0 Å². The maximum atomic E-state index is 13.0. The Bertz CT molecular complexity index is 1280. The molecule has 2 aliphatic heterocycles. The van der Waals surface area contributed by atoms with Gasteiger partial charge < -0.3 is 15.1 Å². The Balaban J connectivity index is 1.24. The quantitative estimate of drug-likeness (QED) is 0.633. The van der Waals surface area contributed by atoms with Crippen LogP contribution in [0.1, 0.15) is 33.5 Å². The van der Waals surface area contributed by atoms with E-state index in [1.54, 1.807) is 34.1 Å². The molecular formula is C28H27N3O3. The molecule has 3 aromatic rings. The first kappa shape index (κ1) is 21.9. The lowest BCUT2D eigenvalue weighted by Gasteiger charge is -2.20. The van der Waals surface area contributed by atoms with Gasteiger partial charge in [0.2, 0.25) is 11.8 Å². The van der Waals surface area contributed by atoms with Gasteiger partial charge in [-0.1, -0.05) is 30.3 Å². The Morgan fingerprint density at radius 3 is 2.44 bits per heavy atom. The number of carbonyl (C=O) groups is 3. The van der Waals surface area contributed by atoms with Crippen molar-refractivity contribution in [1.82, 2.24) is 0 Å². The van der Waals surface area contributed by atoms with Crippen molar-refractivity contribution in [3.63, 3.8) is 0 Å². The number of anilines is 3. The van der Waals surface area contributed by atoms with Gasteiger partial charge in [0.1, 0.15) is 0 Å². The molecule has 6 heteroatoms. The summed E-state index contributed by atoms with van der Waals surface area (Å²) in [4.78, 5) is 42.0. The predicted molar refractivity (Wildman–Crippen MR) is 133 cm³/mol. The number of hydrogen-bond donors (Lipinski definition) is 1. The number of nitrogens with one attached hydrogen (secondary N) is 1. The Hall–Kier alpha value is -3.93. The molecule has 1 unspecified atom stereocenters. The van der Waals surface area contributed by atoms with Gasteiger partial charge in [0, 0.05) is 42.1 Å². The number of para-hydroxylation sites is 1. The lowest BCUT2D eigenvalue weighted by Crippen LogP contribution is -2.29. The summed E-state index contributed by atoms with van der Waals surface area (Å²) in [7, 11) is 0. The number of nitrogens with zero attached hydrogens (tertiary/aromatic N) is 2. The van der Waals surface area contributed by atoms with Crippen molar-refractivity contribution >= 4 is 34.8 Å². The number of amides is 3. The first-order valence-electron chi connectivity index (χ1n) is 11.6. The highest BCUT2D eigenvalue weighted by Crippen LogP contribution is 2.31. The lowest BCUT2D eigenvalue weighted by molar-refractivity contribution is -0.122. The normalized spacial score (nSPS) is 17.1. The predicted octanol–water partition coefficient (Wildman–Crippen LogP) is 4.50. The molecule has 2 heterocycles. The van der Waals surface area contributed by atoms with Crippen molar-refractivity contribution in [2.75, 3.05) is 28.2 Å².